The lowest BCUT2D eigenvalue weighted by molar-refractivity contribution is -0.141. The summed E-state index contributed by atoms with van der Waals surface area (Å²) in [5.74, 6) is -4.80. The average molecular weight is 647 g/mol. The number of amides is 4. The molecule has 0 radical (unpaired) electrons. The number of primary amides is 1. The number of carbonyl (C=O) groups is 5. The predicted octanol–water partition coefficient (Wildman–Crippen LogP) is 0.117. The molecule has 5 atom stereocenters. The Bertz CT molecular complexity index is 1530. The van der Waals surface area contributed by atoms with Gasteiger partial charge in [0.25, 0.3) is 0 Å². The summed E-state index contributed by atoms with van der Waals surface area (Å²) >= 11 is 5.89. The molecule has 15 heteroatoms. The third-order valence-corrected chi connectivity index (χ3v) is 7.87. The second kappa shape index (κ2) is 16.0. The Morgan fingerprint density at radius 3 is 2.16 bits per heavy atom. The molecule has 0 saturated heterocycles. The van der Waals surface area contributed by atoms with Gasteiger partial charge in [-0.05, 0) is 42.2 Å². The minimum absolute atomic E-state index is 0.0126. The number of para-hydroxylation sites is 1. The van der Waals surface area contributed by atoms with Crippen LogP contribution in [-0.4, -0.2) is 80.1 Å². The number of aromatic amines is 1. The number of hydrogen-bond acceptors (Lipinski definition) is 7. The number of H-pyrrole nitrogens is 1. The van der Waals surface area contributed by atoms with Crippen LogP contribution in [-0.2, 0) is 47.6 Å². The zero-order valence-electron chi connectivity index (χ0n) is 23.9. The summed E-state index contributed by atoms with van der Waals surface area (Å²) in [6.07, 6.45) is 2.39. The van der Waals surface area contributed by atoms with Gasteiger partial charge in [-0.15, -0.1) is 0 Å². The maximum absolute atomic E-state index is 13.3. The van der Waals surface area contributed by atoms with Crippen molar-refractivity contribution in [3.8, 4) is 0 Å². The highest BCUT2D eigenvalue weighted by atomic mass is 35.5. The lowest BCUT2D eigenvalue weighted by Gasteiger charge is -2.25. The Morgan fingerprint density at radius 2 is 1.52 bits per heavy atom. The molecule has 0 saturated carbocycles. The number of hydrogen-bond donors (Lipinski definition) is 7. The van der Waals surface area contributed by atoms with Crippen LogP contribution in [0.2, 0.25) is 5.02 Å². The highest BCUT2D eigenvalue weighted by molar-refractivity contribution is 7.84. The minimum Gasteiger partial charge on any atom is -0.481 e. The van der Waals surface area contributed by atoms with Crippen molar-refractivity contribution >= 4 is 62.9 Å². The zero-order chi connectivity index (χ0) is 32.4. The van der Waals surface area contributed by atoms with Crippen LogP contribution in [0.5, 0.6) is 0 Å². The molecule has 1 aromatic heterocycles. The molecule has 13 nitrogen and oxygen atoms in total. The third kappa shape index (κ3) is 10.2. The van der Waals surface area contributed by atoms with E-state index in [1.165, 1.54) is 6.26 Å². The van der Waals surface area contributed by atoms with Crippen LogP contribution in [0.4, 0.5) is 0 Å². The van der Waals surface area contributed by atoms with Crippen LogP contribution in [0.1, 0.15) is 24.0 Å². The Kier molecular flexibility index (Phi) is 12.4. The molecule has 4 amide bonds. The van der Waals surface area contributed by atoms with E-state index in [-0.39, 0.29) is 25.0 Å². The summed E-state index contributed by atoms with van der Waals surface area (Å²) in [4.78, 5) is 66.2. The molecule has 1 heterocycles. The van der Waals surface area contributed by atoms with Crippen molar-refractivity contribution in [3.05, 3.63) is 70.9 Å². The van der Waals surface area contributed by atoms with Crippen molar-refractivity contribution in [3.63, 3.8) is 0 Å². The fourth-order valence-electron chi connectivity index (χ4n) is 4.47. The van der Waals surface area contributed by atoms with Gasteiger partial charge < -0.3 is 37.5 Å². The number of aliphatic carboxylic acids is 1. The molecule has 44 heavy (non-hydrogen) atoms. The number of fused-ring (bicyclic) bond motifs is 1. The van der Waals surface area contributed by atoms with Crippen LogP contribution >= 0.6 is 11.6 Å². The highest BCUT2D eigenvalue weighted by Crippen LogP contribution is 2.19. The molecule has 0 aliphatic carbocycles. The number of nitrogens with two attached hydrogens (primary N) is 2. The predicted molar refractivity (Wildman–Crippen MR) is 166 cm³/mol. The number of carbonyl (C=O) groups excluding carboxylic acids is 4. The van der Waals surface area contributed by atoms with Crippen LogP contribution < -0.4 is 27.4 Å². The molecule has 0 fully saturated rings. The smallest absolute Gasteiger partial charge is 0.305 e. The van der Waals surface area contributed by atoms with Crippen LogP contribution in [0.3, 0.4) is 0 Å². The van der Waals surface area contributed by atoms with Crippen molar-refractivity contribution in [1.29, 1.82) is 0 Å². The number of carboxylic acids is 1. The SMILES string of the molecule is CS(=O)CC[C@H](NC(=O)[C@H](N)Cc1c[nH]c2ccccc12)C(=O)N[C@@H](CC(=O)O)C(=O)N[C@@H](Cc1ccc(Cl)cc1)C(N)=O. The molecule has 0 aliphatic rings. The van der Waals surface area contributed by atoms with E-state index in [1.807, 2.05) is 24.3 Å². The van der Waals surface area contributed by atoms with E-state index in [9.17, 15) is 33.3 Å². The van der Waals surface area contributed by atoms with E-state index in [4.69, 9.17) is 23.1 Å². The van der Waals surface area contributed by atoms with E-state index in [2.05, 4.69) is 20.9 Å². The zero-order valence-corrected chi connectivity index (χ0v) is 25.5. The largest absolute Gasteiger partial charge is 0.481 e. The molecule has 3 rings (SSSR count). The summed E-state index contributed by atoms with van der Waals surface area (Å²) < 4.78 is 11.8. The third-order valence-electron chi connectivity index (χ3n) is 6.80. The van der Waals surface area contributed by atoms with Gasteiger partial charge in [0.05, 0.1) is 12.5 Å². The maximum Gasteiger partial charge on any atom is 0.305 e. The molecule has 1 unspecified atom stereocenters. The summed E-state index contributed by atoms with van der Waals surface area (Å²) in [5.41, 5.74) is 13.9. The summed E-state index contributed by atoms with van der Waals surface area (Å²) in [6, 6.07) is 8.73. The van der Waals surface area contributed by atoms with Crippen molar-refractivity contribution in [2.75, 3.05) is 12.0 Å². The van der Waals surface area contributed by atoms with Crippen molar-refractivity contribution < 1.29 is 33.3 Å². The van der Waals surface area contributed by atoms with E-state index in [0.717, 1.165) is 16.5 Å². The first kappa shape index (κ1) is 34.2. The number of halogens is 1. The Hall–Kier alpha value is -4.27. The summed E-state index contributed by atoms with van der Waals surface area (Å²) in [7, 11) is -1.33. The second-order valence-corrected chi connectivity index (χ2v) is 12.2. The molecule has 2 aromatic carbocycles. The van der Waals surface area contributed by atoms with Gasteiger partial charge >= 0.3 is 5.97 Å². The van der Waals surface area contributed by atoms with Crippen molar-refractivity contribution in [2.45, 2.75) is 49.9 Å². The van der Waals surface area contributed by atoms with Gasteiger partial charge in [-0.1, -0.05) is 41.9 Å². The fourth-order valence-corrected chi connectivity index (χ4v) is 5.16. The van der Waals surface area contributed by atoms with Crippen LogP contribution in [0.25, 0.3) is 10.9 Å². The van der Waals surface area contributed by atoms with E-state index in [1.54, 1.807) is 30.5 Å². The van der Waals surface area contributed by atoms with E-state index >= 15 is 0 Å². The highest BCUT2D eigenvalue weighted by Gasteiger charge is 2.31. The second-order valence-electron chi connectivity index (χ2n) is 10.3. The van der Waals surface area contributed by atoms with Crippen LogP contribution in [0, 0.1) is 0 Å². The average Bonchev–Trinajstić information content (AvgIpc) is 3.37. The van der Waals surface area contributed by atoms with Gasteiger partial charge in [0.1, 0.15) is 18.1 Å². The first-order valence-electron chi connectivity index (χ1n) is 13.6. The van der Waals surface area contributed by atoms with Gasteiger partial charge in [-0.3, -0.25) is 28.2 Å². The fraction of sp³-hybridized carbons (Fsp3) is 0.345. The Morgan fingerprint density at radius 1 is 0.909 bits per heavy atom. The lowest BCUT2D eigenvalue weighted by atomic mass is 10.0. The monoisotopic (exact) mass is 646 g/mol. The van der Waals surface area contributed by atoms with E-state index in [0.29, 0.717) is 10.6 Å². The Balaban J connectivity index is 1.72. The van der Waals surface area contributed by atoms with Gasteiger partial charge in [-0.25, -0.2) is 0 Å². The van der Waals surface area contributed by atoms with Crippen LogP contribution in [0.15, 0.2) is 54.7 Å². The first-order chi connectivity index (χ1) is 20.8. The molecule has 0 bridgehead atoms. The van der Waals surface area contributed by atoms with E-state index < -0.39 is 71.0 Å². The van der Waals surface area contributed by atoms with Gasteiger partial charge in [0.2, 0.25) is 23.6 Å². The number of benzene rings is 2. The summed E-state index contributed by atoms with van der Waals surface area (Å²) in [6.45, 7) is 0. The Labute approximate surface area is 260 Å². The molecular formula is C29H35ClN6O7S. The molecule has 236 valence electrons. The molecular weight excluding hydrogens is 612 g/mol. The molecule has 9 N–H and O–H groups in total. The molecule has 0 spiro atoms. The lowest BCUT2D eigenvalue weighted by Crippen LogP contribution is -2.58. The quantitative estimate of drug-likeness (QED) is 0.113. The van der Waals surface area contributed by atoms with Crippen molar-refractivity contribution in [1.82, 2.24) is 20.9 Å². The van der Waals surface area contributed by atoms with Crippen molar-refractivity contribution in [2.24, 2.45) is 11.5 Å². The minimum atomic E-state index is -1.63. The normalized spacial score (nSPS) is 14.5. The van der Waals surface area contributed by atoms with Gasteiger partial charge in [-0.2, -0.15) is 0 Å². The van der Waals surface area contributed by atoms with Gasteiger partial charge in [0.15, 0.2) is 0 Å². The number of rotatable bonds is 16. The number of aromatic nitrogens is 1. The number of nitrogens with one attached hydrogen (secondary N) is 4. The molecule has 0 aliphatic heterocycles. The topological polar surface area (TPSA) is 227 Å². The summed E-state index contributed by atoms with van der Waals surface area (Å²) in [5, 5.41) is 18.0. The van der Waals surface area contributed by atoms with Gasteiger partial charge in [0, 0.05) is 51.4 Å². The first-order valence-corrected chi connectivity index (χ1v) is 15.7. The number of carboxylic acid groups (broad SMARTS) is 1. The molecule has 3 aromatic rings. The maximum atomic E-state index is 13.3. The standard InChI is InChI=1S/C29H35ClN6O7S/c1-44(43)11-10-22(34-27(40)20(31)13-17-15-33-21-5-3-2-4-19(17)21)28(41)36-24(14-25(37)38)29(42)35-23(26(32)39)12-16-6-8-18(30)9-7-16/h2-9,15,20,22-24,33H,10-14,31H2,1H3,(H2,32,39)(H,34,40)(H,35,42)(H,36,41)(H,37,38)/t20-,22+,23+,24+,44?/m1/s1.